The maximum atomic E-state index is 12.5. The van der Waals surface area contributed by atoms with Gasteiger partial charge in [0.15, 0.2) is 0 Å². The van der Waals surface area contributed by atoms with E-state index in [0.29, 0.717) is 17.5 Å². The summed E-state index contributed by atoms with van der Waals surface area (Å²) in [6, 6.07) is 19.2. The van der Waals surface area contributed by atoms with Crippen LogP contribution in [0, 0.1) is 0 Å². The van der Waals surface area contributed by atoms with Gasteiger partial charge in [0.1, 0.15) is 22.7 Å². The second-order valence-electron chi connectivity index (χ2n) is 8.32. The molecule has 1 saturated heterocycles. The summed E-state index contributed by atoms with van der Waals surface area (Å²) < 4.78 is 6.18. The number of thiazole rings is 1. The van der Waals surface area contributed by atoms with Crippen LogP contribution in [-0.4, -0.2) is 45.1 Å². The molecule has 0 bridgehead atoms. The fraction of sp³-hybridized carbons (Fsp3) is 0.231. The van der Waals surface area contributed by atoms with E-state index in [2.05, 4.69) is 54.8 Å². The lowest BCUT2D eigenvalue weighted by atomic mass is 10.1. The molecule has 0 radical (unpaired) electrons. The molecule has 3 aromatic heterocycles. The fourth-order valence-corrected chi connectivity index (χ4v) is 4.80. The highest BCUT2D eigenvalue weighted by molar-refractivity contribution is 7.13. The molecule has 1 aliphatic rings. The van der Waals surface area contributed by atoms with Crippen LogP contribution in [0.4, 0.5) is 16.4 Å². The number of nitrogens with zero attached hydrogens (tertiary/aromatic N) is 4. The normalized spacial score (nSPS) is 15.9. The van der Waals surface area contributed by atoms with Crippen LogP contribution in [0.1, 0.15) is 18.4 Å². The van der Waals surface area contributed by atoms with Crippen LogP contribution in [-0.2, 0) is 6.54 Å². The third-order valence-corrected chi connectivity index (χ3v) is 6.53. The minimum absolute atomic E-state index is 0.0608. The number of pyridine rings is 2. The van der Waals surface area contributed by atoms with Crippen molar-refractivity contribution in [3.05, 3.63) is 84.0 Å². The predicted octanol–water partition coefficient (Wildman–Crippen LogP) is 5.29. The van der Waals surface area contributed by atoms with Gasteiger partial charge < -0.3 is 4.74 Å². The molecule has 9 heteroatoms. The zero-order valence-corrected chi connectivity index (χ0v) is 19.9. The van der Waals surface area contributed by atoms with Gasteiger partial charge in [-0.1, -0.05) is 36.4 Å². The third-order valence-electron chi connectivity index (χ3n) is 5.64. The van der Waals surface area contributed by atoms with E-state index in [-0.39, 0.29) is 6.10 Å². The number of piperidine rings is 1. The van der Waals surface area contributed by atoms with Crippen molar-refractivity contribution < 1.29 is 9.53 Å². The van der Waals surface area contributed by atoms with Gasteiger partial charge in [-0.25, -0.2) is 9.78 Å². The maximum Gasteiger partial charge on any atom is 0.326 e. The Hall–Kier alpha value is -3.82. The summed E-state index contributed by atoms with van der Waals surface area (Å²) in [5.74, 6) is 1.40. The summed E-state index contributed by atoms with van der Waals surface area (Å²) in [5.41, 5.74) is 2.26. The summed E-state index contributed by atoms with van der Waals surface area (Å²) in [4.78, 5) is 27.9. The molecule has 4 aromatic rings. The molecule has 35 heavy (non-hydrogen) atoms. The number of carbonyl (C=O) groups is 1. The number of amides is 2. The summed E-state index contributed by atoms with van der Waals surface area (Å²) in [6.45, 7) is 2.82. The zero-order chi connectivity index (χ0) is 23.9. The molecule has 1 aliphatic heterocycles. The zero-order valence-electron chi connectivity index (χ0n) is 19.1. The van der Waals surface area contributed by atoms with Crippen molar-refractivity contribution in [1.82, 2.24) is 19.9 Å². The predicted molar refractivity (Wildman–Crippen MR) is 138 cm³/mol. The molecule has 5 rings (SSSR count). The number of rotatable bonds is 7. The first-order valence-corrected chi connectivity index (χ1v) is 12.4. The number of benzene rings is 1. The Kier molecular flexibility index (Phi) is 7.26. The number of hydrogen-bond acceptors (Lipinski definition) is 7. The average molecular weight is 487 g/mol. The van der Waals surface area contributed by atoms with E-state index in [1.807, 2.05) is 30.3 Å². The van der Waals surface area contributed by atoms with Gasteiger partial charge in [0, 0.05) is 42.5 Å². The highest BCUT2D eigenvalue weighted by Crippen LogP contribution is 2.25. The van der Waals surface area contributed by atoms with Gasteiger partial charge in [0.25, 0.3) is 0 Å². The highest BCUT2D eigenvalue weighted by atomic mass is 32.1. The lowest BCUT2D eigenvalue weighted by Gasteiger charge is -2.32. The average Bonchev–Trinajstić information content (AvgIpc) is 3.34. The van der Waals surface area contributed by atoms with E-state index < -0.39 is 6.03 Å². The Morgan fingerprint density at radius 1 is 1.00 bits per heavy atom. The van der Waals surface area contributed by atoms with Crippen molar-refractivity contribution in [3.63, 3.8) is 0 Å². The Bertz CT molecular complexity index is 1250. The van der Waals surface area contributed by atoms with E-state index in [4.69, 9.17) is 4.74 Å². The van der Waals surface area contributed by atoms with Gasteiger partial charge >= 0.3 is 6.03 Å². The van der Waals surface area contributed by atoms with Crippen molar-refractivity contribution in [2.75, 3.05) is 23.7 Å². The van der Waals surface area contributed by atoms with Crippen LogP contribution >= 0.6 is 11.3 Å². The molecular weight excluding hydrogens is 460 g/mol. The summed E-state index contributed by atoms with van der Waals surface area (Å²) in [7, 11) is 0. The topological polar surface area (TPSA) is 92.3 Å². The van der Waals surface area contributed by atoms with Crippen molar-refractivity contribution in [2.24, 2.45) is 0 Å². The van der Waals surface area contributed by atoms with Crippen LogP contribution in [0.3, 0.4) is 0 Å². The van der Waals surface area contributed by atoms with Crippen LogP contribution in [0.5, 0.6) is 5.88 Å². The summed E-state index contributed by atoms with van der Waals surface area (Å²) in [5, 5.41) is 8.13. The molecule has 0 spiro atoms. The van der Waals surface area contributed by atoms with Crippen molar-refractivity contribution in [3.8, 4) is 16.5 Å². The van der Waals surface area contributed by atoms with Crippen molar-refractivity contribution in [2.45, 2.75) is 25.5 Å². The minimum atomic E-state index is -0.409. The molecular formula is C26H26N6O2S. The lowest BCUT2D eigenvalue weighted by molar-refractivity contribution is 0.0810. The lowest BCUT2D eigenvalue weighted by Crippen LogP contribution is -2.40. The smallest absolute Gasteiger partial charge is 0.326 e. The van der Waals surface area contributed by atoms with Gasteiger partial charge in [-0.05, 0) is 43.1 Å². The Labute approximate surface area is 208 Å². The molecule has 2 N–H and O–H groups in total. The summed E-state index contributed by atoms with van der Waals surface area (Å²) >= 11 is 1.45. The van der Waals surface area contributed by atoms with Crippen LogP contribution in [0.25, 0.3) is 10.6 Å². The molecule has 1 unspecified atom stereocenters. The molecule has 1 atom stereocenters. The van der Waals surface area contributed by atoms with Crippen molar-refractivity contribution >= 4 is 29.0 Å². The molecule has 4 heterocycles. The minimum Gasteiger partial charge on any atom is -0.473 e. The Morgan fingerprint density at radius 3 is 2.69 bits per heavy atom. The van der Waals surface area contributed by atoms with Crippen LogP contribution in [0.15, 0.2) is 78.4 Å². The van der Waals surface area contributed by atoms with Gasteiger partial charge in [-0.2, -0.15) is 4.98 Å². The first kappa shape index (κ1) is 22.9. The number of hydrogen-bond donors (Lipinski definition) is 2. The standard InChI is InChI=1S/C26H26N6O2S/c33-26(31-23-18-35-25(29-23)20-11-13-27-14-12-20)30-22-9-4-10-24(28-22)34-21-8-5-15-32(17-21)16-19-6-2-1-3-7-19/h1-4,6-7,9-14,18,21H,5,8,15-17H2,(H2,28,30,31,33). The first-order chi connectivity index (χ1) is 17.2. The fourth-order valence-electron chi connectivity index (χ4n) is 4.04. The SMILES string of the molecule is O=C(Nc1cccc(OC2CCCN(Cc3ccccc3)C2)n1)Nc1csc(-c2ccncc2)n1. The molecule has 178 valence electrons. The number of ether oxygens (including phenoxy) is 1. The number of likely N-dealkylation sites (tertiary alicyclic amines) is 1. The van der Waals surface area contributed by atoms with Gasteiger partial charge in [0.05, 0.1) is 0 Å². The number of nitrogens with one attached hydrogen (secondary N) is 2. The van der Waals surface area contributed by atoms with E-state index >= 15 is 0 Å². The molecule has 1 fully saturated rings. The van der Waals surface area contributed by atoms with E-state index in [1.54, 1.807) is 23.8 Å². The van der Waals surface area contributed by atoms with E-state index in [9.17, 15) is 4.79 Å². The number of anilines is 2. The van der Waals surface area contributed by atoms with Crippen LogP contribution in [0.2, 0.25) is 0 Å². The van der Waals surface area contributed by atoms with E-state index in [0.717, 1.165) is 43.0 Å². The quantitative estimate of drug-likeness (QED) is 0.369. The monoisotopic (exact) mass is 486 g/mol. The highest BCUT2D eigenvalue weighted by Gasteiger charge is 2.22. The van der Waals surface area contributed by atoms with Gasteiger partial charge in [0.2, 0.25) is 5.88 Å². The molecule has 8 nitrogen and oxygen atoms in total. The maximum absolute atomic E-state index is 12.5. The number of carbonyl (C=O) groups excluding carboxylic acids is 1. The third kappa shape index (κ3) is 6.40. The van der Waals surface area contributed by atoms with Crippen LogP contribution < -0.4 is 15.4 Å². The summed E-state index contributed by atoms with van der Waals surface area (Å²) in [6.07, 6.45) is 5.55. The Morgan fingerprint density at radius 2 is 1.83 bits per heavy atom. The van der Waals surface area contributed by atoms with E-state index in [1.165, 1.54) is 16.9 Å². The van der Waals surface area contributed by atoms with Gasteiger partial charge in [-0.3, -0.25) is 20.5 Å². The number of urea groups is 1. The molecule has 1 aromatic carbocycles. The Balaban J connectivity index is 1.15. The molecule has 2 amide bonds. The van der Waals surface area contributed by atoms with Gasteiger partial charge in [-0.15, -0.1) is 11.3 Å². The number of aromatic nitrogens is 3. The first-order valence-electron chi connectivity index (χ1n) is 11.6. The largest absolute Gasteiger partial charge is 0.473 e. The van der Waals surface area contributed by atoms with Crippen molar-refractivity contribution in [1.29, 1.82) is 0 Å². The molecule has 0 saturated carbocycles. The molecule has 0 aliphatic carbocycles. The second-order valence-corrected chi connectivity index (χ2v) is 9.17. The second kappa shape index (κ2) is 11.1.